The number of hydrogen-bond acceptors (Lipinski definition) is 3. The van der Waals surface area contributed by atoms with Gasteiger partial charge < -0.3 is 9.47 Å². The molecule has 0 N–H and O–H groups in total. The van der Waals surface area contributed by atoms with Crippen LogP contribution in [0.2, 0.25) is 0 Å². The molecule has 0 bridgehead atoms. The van der Waals surface area contributed by atoms with Gasteiger partial charge in [-0.15, -0.1) is 0 Å². The van der Waals surface area contributed by atoms with Crippen molar-refractivity contribution in [3.05, 3.63) is 24.4 Å². The lowest BCUT2D eigenvalue weighted by Gasteiger charge is -2.26. The number of allylic oxidation sites excluding steroid dienone is 1. The molecule has 0 aliphatic carbocycles. The lowest BCUT2D eigenvalue weighted by molar-refractivity contribution is 0.0289. The second kappa shape index (κ2) is 5.16. The van der Waals surface area contributed by atoms with E-state index in [0.29, 0.717) is 19.8 Å². The van der Waals surface area contributed by atoms with Crippen LogP contribution in [0.3, 0.4) is 0 Å². The molecule has 4 nitrogen and oxygen atoms in total. The van der Waals surface area contributed by atoms with Gasteiger partial charge in [0.1, 0.15) is 5.60 Å². The Hall–Kier alpha value is -1.29. The molecule has 0 radical (unpaired) electrons. The van der Waals surface area contributed by atoms with Crippen LogP contribution in [0, 0.1) is 0 Å². The van der Waals surface area contributed by atoms with Crippen molar-refractivity contribution >= 4 is 6.09 Å². The molecule has 1 aliphatic heterocycles. The number of carbonyl (C=O) groups excluding carboxylic acids is 1. The number of rotatable bonds is 1. The third-order valence-electron chi connectivity index (χ3n) is 2.00. The highest BCUT2D eigenvalue weighted by Gasteiger charge is 2.24. The van der Waals surface area contributed by atoms with E-state index in [1.165, 1.54) is 0 Å². The average Bonchev–Trinajstić information content (AvgIpc) is 2.39. The Balaban J connectivity index is 2.75. The van der Waals surface area contributed by atoms with Gasteiger partial charge in [-0.2, -0.15) is 0 Å². The van der Waals surface area contributed by atoms with Crippen molar-refractivity contribution in [2.24, 2.45) is 0 Å². The van der Waals surface area contributed by atoms with Crippen LogP contribution in [0.5, 0.6) is 0 Å². The molecule has 4 heteroatoms. The van der Waals surface area contributed by atoms with Crippen LogP contribution in [0.4, 0.5) is 4.79 Å². The van der Waals surface area contributed by atoms with Gasteiger partial charge in [-0.25, -0.2) is 4.79 Å². The van der Waals surface area contributed by atoms with Gasteiger partial charge in [0, 0.05) is 5.70 Å². The number of ether oxygens (including phenoxy) is 2. The van der Waals surface area contributed by atoms with Gasteiger partial charge in [-0.1, -0.05) is 6.58 Å². The van der Waals surface area contributed by atoms with Gasteiger partial charge in [0.2, 0.25) is 0 Å². The van der Waals surface area contributed by atoms with Crippen LogP contribution < -0.4 is 0 Å². The topological polar surface area (TPSA) is 38.8 Å². The summed E-state index contributed by atoms with van der Waals surface area (Å²) in [7, 11) is 0. The summed E-state index contributed by atoms with van der Waals surface area (Å²) in [4.78, 5) is 13.4. The third kappa shape index (κ3) is 3.70. The van der Waals surface area contributed by atoms with Crippen molar-refractivity contribution < 1.29 is 14.3 Å². The molecule has 0 unspecified atom stereocenters. The van der Waals surface area contributed by atoms with Crippen molar-refractivity contribution in [1.82, 2.24) is 4.90 Å². The summed E-state index contributed by atoms with van der Waals surface area (Å²) >= 11 is 0. The fraction of sp³-hybridized carbons (Fsp3) is 0.583. The average molecular weight is 225 g/mol. The molecule has 0 aromatic heterocycles. The minimum absolute atomic E-state index is 0.357. The van der Waals surface area contributed by atoms with Gasteiger partial charge in [-0.05, 0) is 32.9 Å². The molecular weight excluding hydrogens is 206 g/mol. The zero-order valence-corrected chi connectivity index (χ0v) is 10.2. The summed E-state index contributed by atoms with van der Waals surface area (Å²) in [6.07, 6.45) is 3.10. The molecule has 0 aromatic rings. The maximum atomic E-state index is 11.9. The van der Waals surface area contributed by atoms with Crippen LogP contribution in [-0.2, 0) is 9.47 Å². The summed E-state index contributed by atoms with van der Waals surface area (Å²) in [5.41, 5.74) is 0.253. The molecule has 0 spiro atoms. The molecule has 1 rings (SSSR count). The van der Waals surface area contributed by atoms with E-state index >= 15 is 0 Å². The smallest absolute Gasteiger partial charge is 0.414 e. The Kier molecular flexibility index (Phi) is 4.12. The highest BCUT2D eigenvalue weighted by molar-refractivity contribution is 5.71. The van der Waals surface area contributed by atoms with Gasteiger partial charge in [0.15, 0.2) is 0 Å². The Morgan fingerprint density at radius 1 is 1.62 bits per heavy atom. The summed E-state index contributed by atoms with van der Waals surface area (Å²) in [5, 5.41) is 0. The zero-order chi connectivity index (χ0) is 12.2. The third-order valence-corrected chi connectivity index (χ3v) is 2.00. The van der Waals surface area contributed by atoms with Gasteiger partial charge in [0.25, 0.3) is 0 Å². The molecule has 0 saturated carbocycles. The predicted octanol–water partition coefficient (Wildman–Crippen LogP) is 2.32. The SMILES string of the molecule is C=CC1=CCOCCN1C(=O)OC(C)(C)C. The molecule has 1 heterocycles. The standard InChI is InChI=1S/C12H19NO3/c1-5-10-6-8-15-9-7-13(10)11(14)16-12(2,3)4/h5-6H,1,7-9H2,2-4H3. The maximum absolute atomic E-state index is 11.9. The van der Waals surface area contributed by atoms with Crippen LogP contribution in [0.1, 0.15) is 20.8 Å². The molecule has 1 aliphatic rings. The predicted molar refractivity (Wildman–Crippen MR) is 62.0 cm³/mol. The molecule has 16 heavy (non-hydrogen) atoms. The molecule has 0 saturated heterocycles. The normalized spacial score (nSPS) is 17.4. The minimum atomic E-state index is -0.490. The van der Waals surface area contributed by atoms with Gasteiger partial charge in [-0.3, -0.25) is 4.90 Å². The van der Waals surface area contributed by atoms with E-state index in [1.807, 2.05) is 26.8 Å². The second-order valence-electron chi connectivity index (χ2n) is 4.54. The minimum Gasteiger partial charge on any atom is -0.443 e. The van der Waals surface area contributed by atoms with E-state index in [1.54, 1.807) is 11.0 Å². The van der Waals surface area contributed by atoms with Crippen molar-refractivity contribution in [2.75, 3.05) is 19.8 Å². The lowest BCUT2D eigenvalue weighted by Crippen LogP contribution is -2.37. The number of carbonyl (C=O) groups is 1. The first-order valence-electron chi connectivity index (χ1n) is 5.35. The Labute approximate surface area is 96.5 Å². The van der Waals surface area contributed by atoms with Crippen LogP contribution in [0.15, 0.2) is 24.4 Å². The molecule has 0 aromatic carbocycles. The molecule has 90 valence electrons. The van der Waals surface area contributed by atoms with E-state index < -0.39 is 5.60 Å². The molecular formula is C12H19NO3. The van der Waals surface area contributed by atoms with Crippen molar-refractivity contribution in [3.63, 3.8) is 0 Å². The number of amides is 1. The van der Waals surface area contributed by atoms with Gasteiger partial charge >= 0.3 is 6.09 Å². The second-order valence-corrected chi connectivity index (χ2v) is 4.54. The highest BCUT2D eigenvalue weighted by atomic mass is 16.6. The van der Waals surface area contributed by atoms with Crippen LogP contribution in [0.25, 0.3) is 0 Å². The summed E-state index contributed by atoms with van der Waals surface area (Å²) in [6, 6.07) is 0. The number of nitrogens with zero attached hydrogens (tertiary/aromatic N) is 1. The van der Waals surface area contributed by atoms with E-state index in [4.69, 9.17) is 9.47 Å². The van der Waals surface area contributed by atoms with Gasteiger partial charge in [0.05, 0.1) is 19.8 Å². The zero-order valence-electron chi connectivity index (χ0n) is 10.2. The van der Waals surface area contributed by atoms with E-state index in [2.05, 4.69) is 6.58 Å². The van der Waals surface area contributed by atoms with Crippen molar-refractivity contribution in [2.45, 2.75) is 26.4 Å². The largest absolute Gasteiger partial charge is 0.443 e. The summed E-state index contributed by atoms with van der Waals surface area (Å²) < 4.78 is 10.6. The summed E-state index contributed by atoms with van der Waals surface area (Å²) in [5.74, 6) is 0. The van der Waals surface area contributed by atoms with Crippen molar-refractivity contribution in [1.29, 1.82) is 0 Å². The Morgan fingerprint density at radius 3 is 2.88 bits per heavy atom. The molecule has 0 fully saturated rings. The maximum Gasteiger partial charge on any atom is 0.414 e. The quantitative estimate of drug-likeness (QED) is 0.687. The monoisotopic (exact) mass is 225 g/mol. The van der Waals surface area contributed by atoms with Crippen LogP contribution in [-0.4, -0.2) is 36.4 Å². The molecule has 0 atom stereocenters. The fourth-order valence-corrected chi connectivity index (χ4v) is 1.33. The highest BCUT2D eigenvalue weighted by Crippen LogP contribution is 2.15. The van der Waals surface area contributed by atoms with E-state index in [0.717, 1.165) is 5.70 Å². The van der Waals surface area contributed by atoms with E-state index in [-0.39, 0.29) is 6.09 Å². The lowest BCUT2D eigenvalue weighted by atomic mass is 10.2. The first-order valence-corrected chi connectivity index (χ1v) is 5.35. The van der Waals surface area contributed by atoms with Crippen LogP contribution >= 0.6 is 0 Å². The first-order chi connectivity index (χ1) is 7.44. The fourth-order valence-electron chi connectivity index (χ4n) is 1.33. The van der Waals surface area contributed by atoms with Crippen molar-refractivity contribution in [3.8, 4) is 0 Å². The Bertz CT molecular complexity index is 302. The van der Waals surface area contributed by atoms with E-state index in [9.17, 15) is 4.79 Å². The first kappa shape index (κ1) is 12.8. The summed E-state index contributed by atoms with van der Waals surface area (Å²) in [6.45, 7) is 10.7. The molecule has 1 amide bonds. The Morgan fingerprint density at radius 2 is 2.31 bits per heavy atom. The number of hydrogen-bond donors (Lipinski definition) is 0.